The lowest BCUT2D eigenvalue weighted by atomic mass is 10.2. The summed E-state index contributed by atoms with van der Waals surface area (Å²) in [4.78, 5) is 11.7. The Morgan fingerprint density at radius 1 is 1.19 bits per heavy atom. The van der Waals surface area contributed by atoms with E-state index >= 15 is 0 Å². The highest BCUT2D eigenvalue weighted by Gasteiger charge is 2.24. The summed E-state index contributed by atoms with van der Waals surface area (Å²) in [6.45, 7) is 4.77. The van der Waals surface area contributed by atoms with E-state index in [1.54, 1.807) is 0 Å². The van der Waals surface area contributed by atoms with Crippen molar-refractivity contribution in [3.8, 4) is 0 Å². The summed E-state index contributed by atoms with van der Waals surface area (Å²) in [5, 5.41) is 0. The van der Waals surface area contributed by atoms with E-state index in [1.807, 2.05) is 13.8 Å². The molecule has 0 saturated heterocycles. The number of hydrogen-bond acceptors (Lipinski definition) is 4. The average molecular weight is 378 g/mol. The van der Waals surface area contributed by atoms with Crippen LogP contribution in [-0.4, -0.2) is 38.9 Å². The van der Waals surface area contributed by atoms with Crippen molar-refractivity contribution in [2.75, 3.05) is 20.2 Å². The smallest absolute Gasteiger partial charge is 0.337 e. The lowest BCUT2D eigenvalue weighted by Gasteiger charge is -2.21. The maximum Gasteiger partial charge on any atom is 0.337 e. The number of halogens is 1. The number of nitrogens with zero attached hydrogens (tertiary/aromatic N) is 1. The summed E-state index contributed by atoms with van der Waals surface area (Å²) in [5.74, 6) is -0.565. The van der Waals surface area contributed by atoms with E-state index in [0.29, 0.717) is 17.6 Å². The van der Waals surface area contributed by atoms with Crippen molar-refractivity contribution >= 4 is 31.9 Å². The van der Waals surface area contributed by atoms with E-state index in [2.05, 4.69) is 20.7 Å². The molecule has 0 saturated carbocycles. The Morgan fingerprint density at radius 3 is 2.24 bits per heavy atom. The molecule has 7 heteroatoms. The third-order valence-corrected chi connectivity index (χ3v) is 5.21. The Morgan fingerprint density at radius 2 is 1.76 bits per heavy atom. The highest BCUT2D eigenvalue weighted by atomic mass is 79.9. The Kier molecular flexibility index (Phi) is 6.83. The quantitative estimate of drug-likeness (QED) is 0.685. The van der Waals surface area contributed by atoms with Gasteiger partial charge in [0.2, 0.25) is 10.0 Å². The number of hydrogen-bond donors (Lipinski definition) is 0. The van der Waals surface area contributed by atoms with Gasteiger partial charge in [0.15, 0.2) is 0 Å². The molecule has 0 fully saturated rings. The van der Waals surface area contributed by atoms with E-state index in [1.165, 1.54) is 29.6 Å². The first-order chi connectivity index (χ1) is 9.86. The molecular weight excluding hydrogens is 358 g/mol. The highest BCUT2D eigenvalue weighted by Crippen LogP contribution is 2.23. The molecule has 0 aromatic heterocycles. The molecule has 0 amide bonds. The first-order valence-corrected chi connectivity index (χ1v) is 8.99. The molecule has 0 aliphatic rings. The van der Waals surface area contributed by atoms with Crippen molar-refractivity contribution in [1.82, 2.24) is 4.31 Å². The number of ether oxygens (including phenoxy) is 1. The van der Waals surface area contributed by atoms with Gasteiger partial charge in [-0.2, -0.15) is 4.31 Å². The van der Waals surface area contributed by atoms with Crippen LogP contribution in [0.1, 0.15) is 37.0 Å². The van der Waals surface area contributed by atoms with Crippen molar-refractivity contribution in [1.29, 1.82) is 0 Å². The Balaban J connectivity index is 3.29. The largest absolute Gasteiger partial charge is 0.465 e. The Hall–Kier alpha value is -0.920. The lowest BCUT2D eigenvalue weighted by Crippen LogP contribution is -2.32. The van der Waals surface area contributed by atoms with Crippen molar-refractivity contribution in [3.63, 3.8) is 0 Å². The van der Waals surface area contributed by atoms with Crippen LogP contribution in [-0.2, 0) is 14.8 Å². The summed E-state index contributed by atoms with van der Waals surface area (Å²) in [6, 6.07) is 4.39. The minimum atomic E-state index is -3.62. The van der Waals surface area contributed by atoms with E-state index in [4.69, 9.17) is 0 Å². The first-order valence-electron chi connectivity index (χ1n) is 6.75. The van der Waals surface area contributed by atoms with Crippen LogP contribution >= 0.6 is 15.9 Å². The van der Waals surface area contributed by atoms with Crippen LogP contribution in [0.25, 0.3) is 0 Å². The van der Waals surface area contributed by atoms with Crippen LogP contribution in [0.15, 0.2) is 27.6 Å². The van der Waals surface area contributed by atoms with E-state index < -0.39 is 16.0 Å². The zero-order valence-corrected chi connectivity index (χ0v) is 14.8. The summed E-state index contributed by atoms with van der Waals surface area (Å²) in [7, 11) is -2.35. The molecule has 0 radical (unpaired) electrons. The number of methoxy groups -OCH3 is 1. The molecule has 0 atom stereocenters. The van der Waals surface area contributed by atoms with Crippen LogP contribution in [0, 0.1) is 0 Å². The van der Waals surface area contributed by atoms with Gasteiger partial charge in [0, 0.05) is 17.6 Å². The summed E-state index contributed by atoms with van der Waals surface area (Å²) >= 11 is 3.24. The molecular formula is C14H20BrNO4S. The van der Waals surface area contributed by atoms with E-state index in [9.17, 15) is 13.2 Å². The molecule has 0 N–H and O–H groups in total. The van der Waals surface area contributed by atoms with Gasteiger partial charge in [-0.15, -0.1) is 0 Å². The fourth-order valence-electron chi connectivity index (χ4n) is 1.95. The van der Waals surface area contributed by atoms with Crippen molar-refractivity contribution in [2.45, 2.75) is 31.6 Å². The fourth-order valence-corrected chi connectivity index (χ4v) is 4.29. The average Bonchev–Trinajstić information content (AvgIpc) is 2.45. The summed E-state index contributed by atoms with van der Waals surface area (Å²) < 4.78 is 32.0. The van der Waals surface area contributed by atoms with Crippen molar-refractivity contribution in [3.05, 3.63) is 28.2 Å². The molecule has 1 rings (SSSR count). The zero-order valence-electron chi connectivity index (χ0n) is 12.4. The molecule has 21 heavy (non-hydrogen) atoms. The molecule has 0 spiro atoms. The normalized spacial score (nSPS) is 11.7. The monoisotopic (exact) mass is 377 g/mol. The molecule has 118 valence electrons. The second-order valence-corrected chi connectivity index (χ2v) is 7.42. The summed E-state index contributed by atoms with van der Waals surface area (Å²) in [5.41, 5.74) is 0.207. The van der Waals surface area contributed by atoms with Crippen LogP contribution < -0.4 is 0 Å². The highest BCUT2D eigenvalue weighted by molar-refractivity contribution is 9.10. The number of rotatable bonds is 7. The third kappa shape index (κ3) is 4.52. The molecule has 0 heterocycles. The second-order valence-electron chi connectivity index (χ2n) is 4.57. The molecule has 0 aliphatic carbocycles. The van der Waals surface area contributed by atoms with Crippen LogP contribution in [0.5, 0.6) is 0 Å². The standard InChI is InChI=1S/C14H20BrNO4S/c1-4-6-16(7-5-2)21(18,19)13-9-11(14(17)20-3)8-12(15)10-13/h8-10H,4-7H2,1-3H3. The molecule has 1 aromatic carbocycles. The number of carbonyl (C=O) groups is 1. The van der Waals surface area contributed by atoms with Crippen molar-refractivity contribution in [2.24, 2.45) is 0 Å². The first kappa shape index (κ1) is 18.1. The molecule has 1 aromatic rings. The van der Waals surface area contributed by atoms with E-state index in [-0.39, 0.29) is 10.5 Å². The van der Waals surface area contributed by atoms with Gasteiger partial charge in [-0.3, -0.25) is 0 Å². The van der Waals surface area contributed by atoms with Gasteiger partial charge in [0.25, 0.3) is 0 Å². The predicted molar refractivity (Wildman–Crippen MR) is 84.8 cm³/mol. The number of sulfonamides is 1. The SMILES string of the molecule is CCCN(CCC)S(=O)(=O)c1cc(Br)cc(C(=O)OC)c1. The van der Waals surface area contributed by atoms with Crippen molar-refractivity contribution < 1.29 is 17.9 Å². The van der Waals surface area contributed by atoms with Crippen LogP contribution in [0.4, 0.5) is 0 Å². The van der Waals surface area contributed by atoms with Gasteiger partial charge in [-0.1, -0.05) is 29.8 Å². The molecule has 0 aliphatic heterocycles. The Bertz CT molecular complexity index is 595. The van der Waals surface area contributed by atoms with Gasteiger partial charge >= 0.3 is 5.97 Å². The maximum atomic E-state index is 12.7. The topological polar surface area (TPSA) is 63.7 Å². The van der Waals surface area contributed by atoms with Gasteiger partial charge < -0.3 is 4.74 Å². The number of esters is 1. The molecule has 5 nitrogen and oxygen atoms in total. The summed E-state index contributed by atoms with van der Waals surface area (Å²) in [6.07, 6.45) is 1.47. The van der Waals surface area contributed by atoms with Gasteiger partial charge in [0.1, 0.15) is 0 Å². The second kappa shape index (κ2) is 7.91. The van der Waals surface area contributed by atoms with Gasteiger partial charge in [-0.25, -0.2) is 13.2 Å². The van der Waals surface area contributed by atoms with E-state index in [0.717, 1.165) is 12.8 Å². The van der Waals surface area contributed by atoms with Gasteiger partial charge in [-0.05, 0) is 31.0 Å². The van der Waals surface area contributed by atoms with Crippen LogP contribution in [0.3, 0.4) is 0 Å². The number of benzene rings is 1. The zero-order chi connectivity index (χ0) is 16.0. The fraction of sp³-hybridized carbons (Fsp3) is 0.500. The lowest BCUT2D eigenvalue weighted by molar-refractivity contribution is 0.0600. The third-order valence-electron chi connectivity index (χ3n) is 2.88. The Labute approximate surface area is 134 Å². The number of carbonyl (C=O) groups excluding carboxylic acids is 1. The molecule has 0 unspecified atom stereocenters. The predicted octanol–water partition coefficient (Wildman–Crippen LogP) is 3.05. The minimum absolute atomic E-state index is 0.0965. The van der Waals surface area contributed by atoms with Gasteiger partial charge in [0.05, 0.1) is 17.6 Å². The van der Waals surface area contributed by atoms with Crippen LogP contribution in [0.2, 0.25) is 0 Å². The maximum absolute atomic E-state index is 12.7. The molecule has 0 bridgehead atoms. The minimum Gasteiger partial charge on any atom is -0.465 e.